The molecular formula is C11H19N2O3P. The van der Waals surface area contributed by atoms with E-state index in [9.17, 15) is 9.67 Å². The number of nitrogens with zero attached hydrogens (tertiary/aromatic N) is 2. The lowest BCUT2D eigenvalue weighted by atomic mass is 9.96. The van der Waals surface area contributed by atoms with E-state index in [4.69, 9.17) is 4.52 Å². The molecule has 1 heterocycles. The second-order valence-electron chi connectivity index (χ2n) is 4.62. The van der Waals surface area contributed by atoms with Crippen molar-refractivity contribution in [2.45, 2.75) is 38.1 Å². The zero-order valence-electron chi connectivity index (χ0n) is 10.3. The van der Waals surface area contributed by atoms with Gasteiger partial charge in [0.2, 0.25) is 13.2 Å². The Morgan fingerprint density at radius 2 is 2.12 bits per heavy atom. The maximum absolute atomic E-state index is 12.1. The van der Waals surface area contributed by atoms with Crippen LogP contribution in [0.2, 0.25) is 0 Å². The summed E-state index contributed by atoms with van der Waals surface area (Å²) in [5.41, 5.74) is 0. The lowest BCUT2D eigenvalue weighted by Gasteiger charge is -2.22. The van der Waals surface area contributed by atoms with Gasteiger partial charge in [-0.2, -0.15) is 5.10 Å². The lowest BCUT2D eigenvalue weighted by Crippen LogP contribution is -2.14. The van der Waals surface area contributed by atoms with E-state index in [2.05, 4.69) is 5.10 Å². The highest BCUT2D eigenvalue weighted by molar-refractivity contribution is 7.66. The summed E-state index contributed by atoms with van der Waals surface area (Å²) < 4.78 is 18.6. The molecule has 96 valence electrons. The van der Waals surface area contributed by atoms with Crippen molar-refractivity contribution in [3.63, 3.8) is 0 Å². The van der Waals surface area contributed by atoms with E-state index in [1.54, 1.807) is 4.68 Å². The summed E-state index contributed by atoms with van der Waals surface area (Å²) in [5.74, 6) is 0.00424. The van der Waals surface area contributed by atoms with Crippen LogP contribution in [0.25, 0.3) is 0 Å². The van der Waals surface area contributed by atoms with Crippen molar-refractivity contribution in [1.29, 1.82) is 0 Å². The van der Waals surface area contributed by atoms with Gasteiger partial charge >= 0.3 is 0 Å². The van der Waals surface area contributed by atoms with E-state index in [0.29, 0.717) is 5.30 Å². The molecule has 1 unspecified atom stereocenters. The molecule has 0 radical (unpaired) electrons. The molecule has 1 atom stereocenters. The number of aromatic nitrogens is 2. The molecule has 1 aliphatic rings. The summed E-state index contributed by atoms with van der Waals surface area (Å²) in [7, 11) is -1.54. The van der Waals surface area contributed by atoms with Crippen LogP contribution in [0.1, 0.15) is 38.1 Å². The van der Waals surface area contributed by atoms with Crippen LogP contribution in [0.3, 0.4) is 0 Å². The monoisotopic (exact) mass is 258 g/mol. The van der Waals surface area contributed by atoms with Gasteiger partial charge in [-0.3, -0.25) is 4.57 Å². The van der Waals surface area contributed by atoms with E-state index in [0.717, 1.165) is 25.7 Å². The summed E-state index contributed by atoms with van der Waals surface area (Å²) in [6.07, 6.45) is 7.08. The van der Waals surface area contributed by atoms with E-state index in [1.165, 1.54) is 26.4 Å². The van der Waals surface area contributed by atoms with Gasteiger partial charge in [0.25, 0.3) is 0 Å². The average molecular weight is 258 g/mol. The summed E-state index contributed by atoms with van der Waals surface area (Å²) in [4.78, 5) is 0. The zero-order chi connectivity index (χ0) is 12.5. The van der Waals surface area contributed by atoms with Gasteiger partial charge in [-0.05, 0) is 12.8 Å². The number of rotatable bonds is 3. The normalized spacial score (nSPS) is 21.3. The van der Waals surface area contributed by atoms with E-state index < -0.39 is 7.37 Å². The highest BCUT2D eigenvalue weighted by Gasteiger charge is 2.28. The van der Waals surface area contributed by atoms with Gasteiger partial charge in [0.05, 0.1) is 12.2 Å². The molecule has 1 saturated carbocycles. The third kappa shape index (κ3) is 2.40. The van der Waals surface area contributed by atoms with Gasteiger partial charge in [0.15, 0.2) is 0 Å². The van der Waals surface area contributed by atoms with Crippen molar-refractivity contribution in [2.75, 3.05) is 13.8 Å². The van der Waals surface area contributed by atoms with Crippen molar-refractivity contribution in [2.24, 2.45) is 0 Å². The van der Waals surface area contributed by atoms with Crippen LogP contribution in [-0.2, 0) is 9.09 Å². The zero-order valence-corrected chi connectivity index (χ0v) is 11.2. The van der Waals surface area contributed by atoms with Crippen LogP contribution in [0.15, 0.2) is 6.20 Å². The molecule has 0 bridgehead atoms. The smallest absolute Gasteiger partial charge is 0.235 e. The van der Waals surface area contributed by atoms with E-state index in [-0.39, 0.29) is 11.9 Å². The van der Waals surface area contributed by atoms with Gasteiger partial charge in [-0.1, -0.05) is 19.3 Å². The van der Waals surface area contributed by atoms with Crippen LogP contribution in [0.5, 0.6) is 5.88 Å². The fourth-order valence-corrected chi connectivity index (χ4v) is 3.25. The predicted octanol–water partition coefficient (Wildman–Crippen LogP) is 2.27. The molecule has 0 saturated heterocycles. The Morgan fingerprint density at radius 1 is 1.47 bits per heavy atom. The Hall–Kier alpha value is -0.800. The minimum Gasteiger partial charge on any atom is -0.493 e. The minimum absolute atomic E-state index is 0.00424. The Labute approximate surface area is 101 Å². The Balaban J connectivity index is 2.29. The second-order valence-corrected chi connectivity index (χ2v) is 7.16. The van der Waals surface area contributed by atoms with Gasteiger partial charge in [0, 0.05) is 13.8 Å². The number of hydrogen-bond acceptors (Lipinski definition) is 4. The molecule has 6 heteroatoms. The lowest BCUT2D eigenvalue weighted by molar-refractivity contribution is 0.291. The first-order valence-electron chi connectivity index (χ1n) is 5.96. The van der Waals surface area contributed by atoms with Crippen LogP contribution >= 0.6 is 7.37 Å². The first kappa shape index (κ1) is 12.7. The first-order chi connectivity index (χ1) is 8.06. The Kier molecular flexibility index (Phi) is 3.59. The van der Waals surface area contributed by atoms with Gasteiger partial charge in [-0.15, -0.1) is 0 Å². The van der Waals surface area contributed by atoms with Crippen LogP contribution < -0.4 is 5.30 Å². The standard InChI is InChI=1S/C11H19N2O3P/c1-16-17(2,15)10-8-12-13(11(10)14)9-6-4-3-5-7-9/h8-9,14H,3-7H2,1-2H3. The van der Waals surface area contributed by atoms with Crippen LogP contribution in [0, 0.1) is 0 Å². The minimum atomic E-state index is -2.93. The highest BCUT2D eigenvalue weighted by atomic mass is 31.2. The van der Waals surface area contributed by atoms with E-state index in [1.807, 2.05) is 0 Å². The molecule has 0 aliphatic heterocycles. The van der Waals surface area contributed by atoms with Gasteiger partial charge in [0.1, 0.15) is 5.30 Å². The number of hydrogen-bond donors (Lipinski definition) is 1. The molecule has 2 rings (SSSR count). The highest BCUT2D eigenvalue weighted by Crippen LogP contribution is 2.44. The Morgan fingerprint density at radius 3 is 2.71 bits per heavy atom. The van der Waals surface area contributed by atoms with Crippen molar-refractivity contribution in [3.8, 4) is 5.88 Å². The van der Waals surface area contributed by atoms with Gasteiger partial charge in [-0.25, -0.2) is 4.68 Å². The fraction of sp³-hybridized carbons (Fsp3) is 0.727. The molecule has 17 heavy (non-hydrogen) atoms. The fourth-order valence-electron chi connectivity index (χ4n) is 2.32. The van der Waals surface area contributed by atoms with E-state index >= 15 is 0 Å². The molecule has 0 amide bonds. The van der Waals surface area contributed by atoms with Crippen molar-refractivity contribution >= 4 is 12.7 Å². The van der Waals surface area contributed by atoms with Crippen molar-refractivity contribution in [3.05, 3.63) is 6.20 Å². The maximum atomic E-state index is 12.1. The van der Waals surface area contributed by atoms with Gasteiger partial charge < -0.3 is 9.63 Å². The molecule has 1 aliphatic carbocycles. The van der Waals surface area contributed by atoms with Crippen LogP contribution in [0.4, 0.5) is 0 Å². The molecule has 0 aromatic carbocycles. The summed E-state index contributed by atoms with van der Waals surface area (Å²) >= 11 is 0. The van der Waals surface area contributed by atoms with Crippen LogP contribution in [-0.4, -0.2) is 28.7 Å². The molecule has 0 spiro atoms. The molecule has 1 aromatic rings. The summed E-state index contributed by atoms with van der Waals surface area (Å²) in [6.45, 7) is 1.49. The molecular weight excluding hydrogens is 239 g/mol. The summed E-state index contributed by atoms with van der Waals surface area (Å²) in [6, 6.07) is 0.231. The third-order valence-corrected chi connectivity index (χ3v) is 5.34. The topological polar surface area (TPSA) is 64.3 Å². The molecule has 5 nitrogen and oxygen atoms in total. The maximum Gasteiger partial charge on any atom is 0.235 e. The van der Waals surface area contributed by atoms with Crippen molar-refractivity contribution in [1.82, 2.24) is 9.78 Å². The third-order valence-electron chi connectivity index (χ3n) is 3.46. The second kappa shape index (κ2) is 4.83. The predicted molar refractivity (Wildman–Crippen MR) is 66.2 cm³/mol. The number of aromatic hydroxyl groups is 1. The first-order valence-corrected chi connectivity index (χ1v) is 8.03. The SMILES string of the molecule is COP(C)(=O)c1cnn(C2CCCCC2)c1O. The largest absolute Gasteiger partial charge is 0.493 e. The molecule has 1 aromatic heterocycles. The quantitative estimate of drug-likeness (QED) is 0.845. The molecule has 1 fully saturated rings. The average Bonchev–Trinajstić information content (AvgIpc) is 2.73. The summed E-state index contributed by atoms with van der Waals surface area (Å²) in [5, 5.41) is 14.6. The molecule has 1 N–H and O–H groups in total. The Bertz CT molecular complexity index is 438. The van der Waals surface area contributed by atoms with Crippen molar-refractivity contribution < 1.29 is 14.2 Å².